The fourth-order valence-electron chi connectivity index (χ4n) is 2.84. The molecule has 2 unspecified atom stereocenters. The number of likely N-dealkylation sites (N-methyl/N-ethyl adjacent to an activating group) is 1. The molecule has 2 atom stereocenters. The average molecular weight is 289 g/mol. The van der Waals surface area contributed by atoms with Gasteiger partial charge in [0.25, 0.3) is 0 Å². The van der Waals surface area contributed by atoms with Crippen molar-refractivity contribution in [3.8, 4) is 0 Å². The number of nitrogens with one attached hydrogen (secondary N) is 1. The Morgan fingerprint density at radius 3 is 2.24 bits per heavy atom. The monoisotopic (exact) mass is 289 g/mol. The summed E-state index contributed by atoms with van der Waals surface area (Å²) in [7, 11) is 1.79. The van der Waals surface area contributed by atoms with Crippen LogP contribution in [-0.4, -0.2) is 7.05 Å². The first-order chi connectivity index (χ1) is 10.1. The summed E-state index contributed by atoms with van der Waals surface area (Å²) in [4.78, 5) is 0. The van der Waals surface area contributed by atoms with Gasteiger partial charge in [-0.05, 0) is 31.5 Å². The highest BCUT2D eigenvalue weighted by Crippen LogP contribution is 2.35. The van der Waals surface area contributed by atoms with Crippen molar-refractivity contribution in [3.63, 3.8) is 0 Å². The first-order valence-electron chi connectivity index (χ1n) is 7.26. The van der Waals surface area contributed by atoms with Gasteiger partial charge >= 0.3 is 0 Å². The standard InChI is InChI=1S/C18H21F2N/c1-4-14(13-8-6-5-7-9-13)18(21-3)15-11-10-12(2)16(19)17(15)20/h5-11,14,18,21H,4H2,1-3H3. The summed E-state index contributed by atoms with van der Waals surface area (Å²) in [6.45, 7) is 3.63. The van der Waals surface area contributed by atoms with Crippen molar-refractivity contribution in [1.29, 1.82) is 0 Å². The van der Waals surface area contributed by atoms with Crippen LogP contribution in [0.5, 0.6) is 0 Å². The molecule has 0 amide bonds. The van der Waals surface area contributed by atoms with Crippen molar-refractivity contribution in [2.45, 2.75) is 32.2 Å². The van der Waals surface area contributed by atoms with E-state index in [1.165, 1.54) is 0 Å². The molecule has 1 nitrogen and oxygen atoms in total. The van der Waals surface area contributed by atoms with Gasteiger partial charge < -0.3 is 5.32 Å². The number of aryl methyl sites for hydroxylation is 1. The van der Waals surface area contributed by atoms with E-state index in [1.807, 2.05) is 30.3 Å². The van der Waals surface area contributed by atoms with E-state index in [2.05, 4.69) is 12.2 Å². The summed E-state index contributed by atoms with van der Waals surface area (Å²) in [5, 5.41) is 3.15. The van der Waals surface area contributed by atoms with Crippen molar-refractivity contribution < 1.29 is 8.78 Å². The molecule has 0 aliphatic carbocycles. The molecule has 2 aromatic rings. The van der Waals surface area contributed by atoms with Gasteiger partial charge in [-0.15, -0.1) is 0 Å². The summed E-state index contributed by atoms with van der Waals surface area (Å²) in [5.74, 6) is -1.41. The van der Waals surface area contributed by atoms with Crippen molar-refractivity contribution in [2.24, 2.45) is 0 Å². The molecule has 1 N–H and O–H groups in total. The normalized spacial score (nSPS) is 14.0. The molecule has 0 aromatic heterocycles. The first kappa shape index (κ1) is 15.6. The topological polar surface area (TPSA) is 12.0 Å². The maximum absolute atomic E-state index is 14.3. The largest absolute Gasteiger partial charge is 0.312 e. The first-order valence-corrected chi connectivity index (χ1v) is 7.26. The molecule has 2 aromatic carbocycles. The Labute approximate surface area is 125 Å². The van der Waals surface area contributed by atoms with Gasteiger partial charge in [-0.2, -0.15) is 0 Å². The predicted octanol–water partition coefficient (Wildman–Crippen LogP) is 4.73. The van der Waals surface area contributed by atoms with E-state index in [9.17, 15) is 8.78 Å². The second-order valence-corrected chi connectivity index (χ2v) is 5.29. The Balaban J connectivity index is 2.45. The molecule has 0 saturated carbocycles. The Morgan fingerprint density at radius 1 is 1.00 bits per heavy atom. The van der Waals surface area contributed by atoms with E-state index in [1.54, 1.807) is 26.1 Å². The zero-order valence-corrected chi connectivity index (χ0v) is 12.7. The molecule has 112 valence electrons. The van der Waals surface area contributed by atoms with Gasteiger partial charge in [0.15, 0.2) is 11.6 Å². The smallest absolute Gasteiger partial charge is 0.163 e. The molecule has 0 spiro atoms. The average Bonchev–Trinajstić information content (AvgIpc) is 2.52. The number of halogens is 2. The second kappa shape index (κ2) is 6.81. The quantitative estimate of drug-likeness (QED) is 0.839. The summed E-state index contributed by atoms with van der Waals surface area (Å²) >= 11 is 0. The van der Waals surface area contributed by atoms with Gasteiger partial charge in [0.1, 0.15) is 0 Å². The number of rotatable bonds is 5. The Kier molecular flexibility index (Phi) is 5.07. The van der Waals surface area contributed by atoms with Crippen LogP contribution in [0.3, 0.4) is 0 Å². The third-order valence-corrected chi connectivity index (χ3v) is 4.02. The summed E-state index contributed by atoms with van der Waals surface area (Å²) in [6, 6.07) is 13.0. The van der Waals surface area contributed by atoms with E-state index in [4.69, 9.17) is 0 Å². The predicted molar refractivity (Wildman–Crippen MR) is 82.4 cm³/mol. The van der Waals surface area contributed by atoms with Crippen LogP contribution in [-0.2, 0) is 0 Å². The zero-order chi connectivity index (χ0) is 15.4. The van der Waals surface area contributed by atoms with Gasteiger partial charge in [0.05, 0.1) is 0 Å². The fourth-order valence-corrected chi connectivity index (χ4v) is 2.84. The fraction of sp³-hybridized carbons (Fsp3) is 0.333. The molecule has 0 aliphatic rings. The molecule has 0 aliphatic heterocycles. The lowest BCUT2D eigenvalue weighted by molar-refractivity contribution is 0.426. The van der Waals surface area contributed by atoms with Gasteiger partial charge in [0, 0.05) is 17.5 Å². The molecule has 21 heavy (non-hydrogen) atoms. The van der Waals surface area contributed by atoms with Gasteiger partial charge in [0.2, 0.25) is 0 Å². The highest BCUT2D eigenvalue weighted by atomic mass is 19.2. The third kappa shape index (κ3) is 3.13. The van der Waals surface area contributed by atoms with Crippen LogP contribution in [0.4, 0.5) is 8.78 Å². The molecule has 0 fully saturated rings. The van der Waals surface area contributed by atoms with Crippen LogP contribution < -0.4 is 5.32 Å². The van der Waals surface area contributed by atoms with Crippen LogP contribution in [0.2, 0.25) is 0 Å². The van der Waals surface area contributed by atoms with E-state index in [0.717, 1.165) is 12.0 Å². The lowest BCUT2D eigenvalue weighted by Gasteiger charge is -2.27. The summed E-state index contributed by atoms with van der Waals surface area (Å²) in [6.07, 6.45) is 0.838. The molecule has 2 rings (SSSR count). The summed E-state index contributed by atoms with van der Waals surface area (Å²) in [5.41, 5.74) is 1.84. The van der Waals surface area contributed by atoms with E-state index in [-0.39, 0.29) is 12.0 Å². The van der Waals surface area contributed by atoms with Crippen LogP contribution in [0.1, 0.15) is 42.0 Å². The van der Waals surface area contributed by atoms with E-state index >= 15 is 0 Å². The lowest BCUT2D eigenvalue weighted by Crippen LogP contribution is -2.25. The minimum absolute atomic E-state index is 0.0906. The van der Waals surface area contributed by atoms with Crippen LogP contribution in [0.15, 0.2) is 42.5 Å². The lowest BCUT2D eigenvalue weighted by atomic mass is 9.84. The van der Waals surface area contributed by atoms with Gasteiger partial charge in [-0.1, -0.05) is 49.4 Å². The van der Waals surface area contributed by atoms with Crippen molar-refractivity contribution >= 4 is 0 Å². The minimum Gasteiger partial charge on any atom is -0.312 e. The summed E-state index contributed by atoms with van der Waals surface area (Å²) < 4.78 is 28.2. The zero-order valence-electron chi connectivity index (χ0n) is 12.7. The molecule has 3 heteroatoms. The van der Waals surface area contributed by atoms with Crippen LogP contribution in [0, 0.1) is 18.6 Å². The molecule has 0 bridgehead atoms. The third-order valence-electron chi connectivity index (χ3n) is 4.02. The maximum Gasteiger partial charge on any atom is 0.163 e. The molecule has 0 saturated heterocycles. The maximum atomic E-state index is 14.3. The van der Waals surface area contributed by atoms with Crippen molar-refractivity contribution in [1.82, 2.24) is 5.32 Å². The Morgan fingerprint density at radius 2 is 1.67 bits per heavy atom. The molecule has 0 heterocycles. The number of hydrogen-bond acceptors (Lipinski definition) is 1. The highest BCUT2D eigenvalue weighted by Gasteiger charge is 2.26. The van der Waals surface area contributed by atoms with Gasteiger partial charge in [-0.25, -0.2) is 8.78 Å². The minimum atomic E-state index is -0.754. The van der Waals surface area contributed by atoms with Crippen molar-refractivity contribution in [3.05, 3.63) is 70.8 Å². The SMILES string of the molecule is CCC(c1ccccc1)C(NC)c1ccc(C)c(F)c1F. The van der Waals surface area contributed by atoms with Crippen molar-refractivity contribution in [2.75, 3.05) is 7.05 Å². The Hall–Kier alpha value is -1.74. The van der Waals surface area contributed by atoms with E-state index < -0.39 is 11.6 Å². The van der Waals surface area contributed by atoms with E-state index in [0.29, 0.717) is 11.1 Å². The highest BCUT2D eigenvalue weighted by molar-refractivity contribution is 5.32. The molecule has 0 radical (unpaired) electrons. The number of hydrogen-bond donors (Lipinski definition) is 1. The van der Waals surface area contributed by atoms with Crippen LogP contribution >= 0.6 is 0 Å². The second-order valence-electron chi connectivity index (χ2n) is 5.29. The molecular formula is C18H21F2N. The van der Waals surface area contributed by atoms with Gasteiger partial charge in [-0.3, -0.25) is 0 Å². The molecular weight excluding hydrogens is 268 g/mol. The van der Waals surface area contributed by atoms with Crippen LogP contribution in [0.25, 0.3) is 0 Å². The Bertz CT molecular complexity index is 596. The number of benzene rings is 2.